The minimum absolute atomic E-state index is 0.143. The molecule has 4 bridgehead atoms. The molecule has 5 aliphatic rings. The van der Waals surface area contributed by atoms with Crippen molar-refractivity contribution in [2.24, 2.45) is 23.2 Å². The van der Waals surface area contributed by atoms with Gasteiger partial charge in [0, 0.05) is 26.2 Å². The van der Waals surface area contributed by atoms with E-state index >= 15 is 0 Å². The zero-order chi connectivity index (χ0) is 20.4. The maximum absolute atomic E-state index is 13.5. The molecule has 1 aliphatic heterocycles. The third-order valence-corrected chi connectivity index (χ3v) is 10.4. The first-order valence-corrected chi connectivity index (χ1v) is 12.7. The molecule has 29 heavy (non-hydrogen) atoms. The van der Waals surface area contributed by atoms with Crippen molar-refractivity contribution in [3.05, 3.63) is 16.3 Å². The summed E-state index contributed by atoms with van der Waals surface area (Å²) in [7, 11) is -3.86. The Hall–Kier alpha value is -1.45. The molecule has 4 saturated carbocycles. The number of carbonyl (C=O) groups excluding carboxylic acids is 1. The fraction of sp³-hybridized carbons (Fsp3) is 0.700. The van der Waals surface area contributed by atoms with Crippen LogP contribution < -0.4 is 0 Å². The number of carbonyl (C=O) groups is 2. The van der Waals surface area contributed by atoms with Crippen molar-refractivity contribution in [2.75, 3.05) is 26.2 Å². The molecule has 0 spiro atoms. The highest BCUT2D eigenvalue weighted by Crippen LogP contribution is 2.60. The van der Waals surface area contributed by atoms with Gasteiger partial charge in [-0.25, -0.2) is 13.2 Å². The van der Waals surface area contributed by atoms with Crippen LogP contribution in [0.15, 0.2) is 16.3 Å². The smallest absolute Gasteiger partial charge is 0.347 e. The van der Waals surface area contributed by atoms with Gasteiger partial charge in [0.25, 0.3) is 0 Å². The van der Waals surface area contributed by atoms with Gasteiger partial charge in [-0.05, 0) is 67.7 Å². The number of aromatic carboxylic acids is 1. The molecule has 158 valence electrons. The normalized spacial score (nSPS) is 34.5. The minimum atomic E-state index is -3.86. The molecule has 1 aromatic rings. The van der Waals surface area contributed by atoms with Crippen LogP contribution in [0.25, 0.3) is 0 Å². The highest BCUT2D eigenvalue weighted by molar-refractivity contribution is 7.89. The first kappa shape index (κ1) is 19.5. The van der Waals surface area contributed by atoms with Crippen molar-refractivity contribution in [3.8, 4) is 0 Å². The second-order valence-electron chi connectivity index (χ2n) is 9.31. The molecule has 1 saturated heterocycles. The Morgan fingerprint density at radius 1 is 1.00 bits per heavy atom. The molecule has 0 atom stereocenters. The van der Waals surface area contributed by atoms with E-state index in [4.69, 9.17) is 0 Å². The van der Waals surface area contributed by atoms with Crippen molar-refractivity contribution in [3.63, 3.8) is 0 Å². The van der Waals surface area contributed by atoms with Crippen LogP contribution in [-0.4, -0.2) is 60.8 Å². The van der Waals surface area contributed by atoms with E-state index in [2.05, 4.69) is 0 Å². The standard InChI is InChI=1S/C20H26N2O5S2/c23-18(24)17-16(1-6-28-17)29(26,27)22-4-2-21(3-5-22)19(25)20-10-13-7-14(11-20)9-15(8-13)12-20/h1,6,13-15H,2-5,7-12H2,(H,23,24). The molecule has 0 unspecified atom stereocenters. The zero-order valence-corrected chi connectivity index (χ0v) is 17.9. The van der Waals surface area contributed by atoms with Gasteiger partial charge < -0.3 is 10.0 Å². The molecule has 9 heteroatoms. The van der Waals surface area contributed by atoms with Gasteiger partial charge in [0.15, 0.2) is 0 Å². The lowest BCUT2D eigenvalue weighted by Crippen LogP contribution is -2.58. The van der Waals surface area contributed by atoms with Gasteiger partial charge in [0.1, 0.15) is 9.77 Å². The number of piperazine rings is 1. The fourth-order valence-electron chi connectivity index (χ4n) is 6.64. The van der Waals surface area contributed by atoms with E-state index in [1.807, 2.05) is 4.90 Å². The molecule has 1 aromatic heterocycles. The number of thiophene rings is 1. The first-order valence-electron chi connectivity index (χ1n) is 10.4. The second kappa shape index (κ2) is 6.78. The van der Waals surface area contributed by atoms with E-state index in [0.717, 1.165) is 30.6 Å². The van der Waals surface area contributed by atoms with Gasteiger partial charge in [0.05, 0.1) is 5.41 Å². The summed E-state index contributed by atoms with van der Waals surface area (Å²) in [4.78, 5) is 26.4. The third kappa shape index (κ3) is 3.13. The third-order valence-electron chi connectivity index (χ3n) is 7.46. The Bertz CT molecular complexity index is 911. The van der Waals surface area contributed by atoms with Crippen LogP contribution >= 0.6 is 11.3 Å². The Morgan fingerprint density at radius 2 is 1.55 bits per heavy atom. The Kier molecular flexibility index (Phi) is 4.56. The topological polar surface area (TPSA) is 95.0 Å². The molecule has 2 heterocycles. The van der Waals surface area contributed by atoms with Gasteiger partial charge in [0.2, 0.25) is 15.9 Å². The number of sulfonamides is 1. The van der Waals surface area contributed by atoms with E-state index in [0.29, 0.717) is 30.8 Å². The largest absolute Gasteiger partial charge is 0.477 e. The molecule has 0 aromatic carbocycles. The molecule has 6 rings (SSSR count). The van der Waals surface area contributed by atoms with Gasteiger partial charge in [-0.3, -0.25) is 4.79 Å². The lowest BCUT2D eigenvalue weighted by atomic mass is 9.49. The van der Waals surface area contributed by atoms with E-state index in [9.17, 15) is 23.1 Å². The molecule has 4 aliphatic carbocycles. The highest BCUT2D eigenvalue weighted by Gasteiger charge is 2.55. The average molecular weight is 439 g/mol. The predicted octanol–water partition coefficient (Wildman–Crippen LogP) is 2.50. The van der Waals surface area contributed by atoms with E-state index in [1.165, 1.54) is 35.0 Å². The zero-order valence-electron chi connectivity index (χ0n) is 16.2. The van der Waals surface area contributed by atoms with Gasteiger partial charge >= 0.3 is 5.97 Å². The average Bonchev–Trinajstić information content (AvgIpc) is 3.18. The molecule has 1 N–H and O–H groups in total. The van der Waals surface area contributed by atoms with Gasteiger partial charge in [-0.1, -0.05) is 0 Å². The van der Waals surface area contributed by atoms with Crippen LogP contribution in [0.3, 0.4) is 0 Å². The van der Waals surface area contributed by atoms with Crippen LogP contribution in [0.1, 0.15) is 48.2 Å². The molecule has 0 radical (unpaired) electrons. The minimum Gasteiger partial charge on any atom is -0.477 e. The van der Waals surface area contributed by atoms with E-state index in [1.54, 1.807) is 0 Å². The number of carboxylic acid groups (broad SMARTS) is 1. The van der Waals surface area contributed by atoms with Crippen molar-refractivity contribution >= 4 is 33.2 Å². The lowest BCUT2D eigenvalue weighted by Gasteiger charge is -2.57. The summed E-state index contributed by atoms with van der Waals surface area (Å²) in [6.07, 6.45) is 6.87. The number of hydrogen-bond donors (Lipinski definition) is 1. The summed E-state index contributed by atoms with van der Waals surface area (Å²) in [5.74, 6) is 1.09. The lowest BCUT2D eigenvalue weighted by molar-refractivity contribution is -0.158. The van der Waals surface area contributed by atoms with Crippen LogP contribution in [0.4, 0.5) is 0 Å². The summed E-state index contributed by atoms with van der Waals surface area (Å²) in [5, 5.41) is 10.7. The maximum Gasteiger partial charge on any atom is 0.347 e. The summed E-state index contributed by atoms with van der Waals surface area (Å²) in [5.41, 5.74) is -0.209. The first-order chi connectivity index (χ1) is 13.8. The maximum atomic E-state index is 13.5. The number of amides is 1. The second-order valence-corrected chi connectivity index (χ2v) is 12.1. The predicted molar refractivity (Wildman–Crippen MR) is 107 cm³/mol. The number of rotatable bonds is 4. The SMILES string of the molecule is O=C(O)c1sccc1S(=O)(=O)N1CCN(C(=O)C23CC4CC(CC(C4)C2)C3)CC1. The molecule has 5 fully saturated rings. The number of nitrogens with zero attached hydrogens (tertiary/aromatic N) is 2. The molecule has 1 amide bonds. The Balaban J connectivity index is 1.29. The van der Waals surface area contributed by atoms with Crippen molar-refractivity contribution in [1.29, 1.82) is 0 Å². The highest BCUT2D eigenvalue weighted by atomic mass is 32.2. The number of carboxylic acids is 1. The monoisotopic (exact) mass is 438 g/mol. The van der Waals surface area contributed by atoms with Crippen LogP contribution in [0.5, 0.6) is 0 Å². The summed E-state index contributed by atoms with van der Waals surface area (Å²) >= 11 is 0.916. The van der Waals surface area contributed by atoms with Gasteiger partial charge in [-0.15, -0.1) is 11.3 Å². The summed E-state index contributed by atoms with van der Waals surface area (Å²) < 4.78 is 27.2. The molecule has 7 nitrogen and oxygen atoms in total. The number of hydrogen-bond acceptors (Lipinski definition) is 5. The summed E-state index contributed by atoms with van der Waals surface area (Å²) in [6.45, 7) is 1.20. The Morgan fingerprint density at radius 3 is 2.07 bits per heavy atom. The van der Waals surface area contributed by atoms with Crippen LogP contribution in [-0.2, 0) is 14.8 Å². The Labute approximate surface area is 174 Å². The van der Waals surface area contributed by atoms with Crippen molar-refractivity contribution in [2.45, 2.75) is 43.4 Å². The molecular weight excluding hydrogens is 412 g/mol. The van der Waals surface area contributed by atoms with Crippen molar-refractivity contribution in [1.82, 2.24) is 9.21 Å². The quantitative estimate of drug-likeness (QED) is 0.779. The van der Waals surface area contributed by atoms with Crippen LogP contribution in [0.2, 0.25) is 0 Å². The van der Waals surface area contributed by atoms with Crippen molar-refractivity contribution < 1.29 is 23.1 Å². The van der Waals surface area contributed by atoms with Crippen LogP contribution in [0, 0.1) is 23.2 Å². The molecular formula is C20H26N2O5S2. The summed E-state index contributed by atoms with van der Waals surface area (Å²) in [6, 6.07) is 1.36. The van der Waals surface area contributed by atoms with Gasteiger partial charge in [-0.2, -0.15) is 4.31 Å². The van der Waals surface area contributed by atoms with E-state index < -0.39 is 16.0 Å². The fourth-order valence-corrected chi connectivity index (χ4v) is 9.29. The van der Waals surface area contributed by atoms with E-state index in [-0.39, 0.29) is 34.2 Å².